The lowest BCUT2D eigenvalue weighted by atomic mass is 9.78. The van der Waals surface area contributed by atoms with E-state index in [-0.39, 0.29) is 5.91 Å². The molecule has 0 radical (unpaired) electrons. The summed E-state index contributed by atoms with van der Waals surface area (Å²) in [6, 6.07) is 5.64. The van der Waals surface area contributed by atoms with Gasteiger partial charge in [0.15, 0.2) is 0 Å². The first-order valence-corrected chi connectivity index (χ1v) is 7.68. The van der Waals surface area contributed by atoms with Gasteiger partial charge in [-0.05, 0) is 36.5 Å². The summed E-state index contributed by atoms with van der Waals surface area (Å²) in [4.78, 5) is 17.9. The number of aromatic amines is 1. The number of benzene rings is 1. The summed E-state index contributed by atoms with van der Waals surface area (Å²) in [7, 11) is 0. The number of nitrogens with zero attached hydrogens (tertiary/aromatic N) is 1. The summed E-state index contributed by atoms with van der Waals surface area (Å²) < 4.78 is 0. The van der Waals surface area contributed by atoms with Crippen LogP contribution in [0.25, 0.3) is 10.9 Å². The van der Waals surface area contributed by atoms with Gasteiger partial charge in [-0.15, -0.1) is 0 Å². The number of fused-ring (bicyclic) bond motifs is 1. The molecule has 1 fully saturated rings. The molecule has 1 aliphatic rings. The van der Waals surface area contributed by atoms with Gasteiger partial charge in [0.1, 0.15) is 0 Å². The van der Waals surface area contributed by atoms with Crippen LogP contribution in [0.2, 0.25) is 0 Å². The minimum absolute atomic E-state index is 0.116. The molecule has 1 aliphatic heterocycles. The van der Waals surface area contributed by atoms with E-state index in [0.717, 1.165) is 42.4 Å². The maximum atomic E-state index is 12.8. The first-order valence-electron chi connectivity index (χ1n) is 7.68. The monoisotopic (exact) mass is 285 g/mol. The third-order valence-corrected chi connectivity index (χ3v) is 5.05. The Labute approximate surface area is 125 Å². The largest absolute Gasteiger partial charge is 0.399 e. The third-order valence-electron chi connectivity index (χ3n) is 5.05. The number of likely N-dealkylation sites (tertiary alicyclic amines) is 1. The summed E-state index contributed by atoms with van der Waals surface area (Å²) in [5.41, 5.74) is 8.62. The highest BCUT2D eigenvalue weighted by Crippen LogP contribution is 2.34. The Kier molecular flexibility index (Phi) is 3.40. The summed E-state index contributed by atoms with van der Waals surface area (Å²) in [5, 5.41) is 0.920. The number of amides is 1. The fraction of sp³-hybridized carbons (Fsp3) is 0.471. The number of anilines is 1. The van der Waals surface area contributed by atoms with Crippen LogP contribution in [0.1, 0.15) is 43.5 Å². The molecule has 3 rings (SSSR count). The van der Waals surface area contributed by atoms with Crippen LogP contribution < -0.4 is 5.73 Å². The Morgan fingerprint density at radius 3 is 2.76 bits per heavy atom. The molecule has 3 N–H and O–H groups in total. The van der Waals surface area contributed by atoms with E-state index in [1.807, 2.05) is 23.1 Å². The third kappa shape index (κ3) is 2.50. The Bertz CT molecular complexity index is 666. The second kappa shape index (κ2) is 5.10. The van der Waals surface area contributed by atoms with E-state index in [9.17, 15) is 4.79 Å². The summed E-state index contributed by atoms with van der Waals surface area (Å²) in [5.74, 6) is 0.116. The van der Waals surface area contributed by atoms with Crippen LogP contribution in [0.5, 0.6) is 0 Å². The molecule has 1 aromatic heterocycles. The highest BCUT2D eigenvalue weighted by atomic mass is 16.2. The molecule has 0 unspecified atom stereocenters. The Hall–Kier alpha value is -1.97. The maximum absolute atomic E-state index is 12.8. The van der Waals surface area contributed by atoms with Crippen molar-refractivity contribution in [3.05, 3.63) is 30.0 Å². The molecule has 0 aliphatic carbocycles. The van der Waals surface area contributed by atoms with E-state index >= 15 is 0 Å². The van der Waals surface area contributed by atoms with E-state index in [4.69, 9.17) is 5.73 Å². The fourth-order valence-corrected chi connectivity index (χ4v) is 3.09. The molecular formula is C17H23N3O. The molecule has 0 atom stereocenters. The highest BCUT2D eigenvalue weighted by molar-refractivity contribution is 6.07. The quantitative estimate of drug-likeness (QED) is 0.831. The van der Waals surface area contributed by atoms with Gasteiger partial charge in [0.25, 0.3) is 5.91 Å². The molecule has 1 saturated heterocycles. The van der Waals surface area contributed by atoms with E-state index in [1.54, 1.807) is 6.20 Å². The summed E-state index contributed by atoms with van der Waals surface area (Å²) >= 11 is 0. The van der Waals surface area contributed by atoms with Crippen molar-refractivity contribution in [3.63, 3.8) is 0 Å². The molecule has 0 bridgehead atoms. The molecule has 1 amide bonds. The van der Waals surface area contributed by atoms with Crippen molar-refractivity contribution in [2.75, 3.05) is 18.8 Å². The van der Waals surface area contributed by atoms with Crippen molar-refractivity contribution < 1.29 is 4.79 Å². The van der Waals surface area contributed by atoms with Gasteiger partial charge >= 0.3 is 0 Å². The number of hydrogen-bond donors (Lipinski definition) is 2. The molecular weight excluding hydrogens is 262 g/mol. The van der Waals surface area contributed by atoms with Crippen molar-refractivity contribution in [3.8, 4) is 0 Å². The predicted molar refractivity (Wildman–Crippen MR) is 86.2 cm³/mol. The van der Waals surface area contributed by atoms with Gasteiger partial charge in [-0.2, -0.15) is 0 Å². The second-order valence-electron chi connectivity index (χ2n) is 6.46. The minimum Gasteiger partial charge on any atom is -0.399 e. The Morgan fingerprint density at radius 2 is 2.10 bits per heavy atom. The lowest BCUT2D eigenvalue weighted by Gasteiger charge is -2.38. The van der Waals surface area contributed by atoms with Gasteiger partial charge in [0.2, 0.25) is 0 Å². The van der Waals surface area contributed by atoms with Gasteiger partial charge in [-0.1, -0.05) is 20.3 Å². The smallest absolute Gasteiger partial charge is 0.256 e. The first kappa shape index (κ1) is 14.0. The standard InChI is InChI=1S/C17H23N3O/c1-3-17(2)6-8-20(9-7-17)16(21)14-11-19-15-5-4-12(18)10-13(14)15/h4-5,10-11,19H,3,6-9,18H2,1-2H3. The number of aromatic nitrogens is 1. The van der Waals surface area contributed by atoms with Gasteiger partial charge in [0.05, 0.1) is 5.56 Å². The summed E-state index contributed by atoms with van der Waals surface area (Å²) in [6.45, 7) is 6.25. The van der Waals surface area contributed by atoms with Crippen LogP contribution in [-0.2, 0) is 0 Å². The topological polar surface area (TPSA) is 62.1 Å². The van der Waals surface area contributed by atoms with Crippen LogP contribution in [0.15, 0.2) is 24.4 Å². The zero-order valence-electron chi connectivity index (χ0n) is 12.8. The Balaban J connectivity index is 1.83. The summed E-state index contributed by atoms with van der Waals surface area (Å²) in [6.07, 6.45) is 5.15. The van der Waals surface area contributed by atoms with Crippen LogP contribution >= 0.6 is 0 Å². The molecule has 4 heteroatoms. The van der Waals surface area contributed by atoms with Crippen molar-refractivity contribution >= 4 is 22.5 Å². The molecule has 2 heterocycles. The van der Waals surface area contributed by atoms with Gasteiger partial charge in [-0.3, -0.25) is 4.79 Å². The van der Waals surface area contributed by atoms with Crippen LogP contribution in [-0.4, -0.2) is 28.9 Å². The number of rotatable bonds is 2. The van der Waals surface area contributed by atoms with Crippen molar-refractivity contribution in [1.82, 2.24) is 9.88 Å². The Morgan fingerprint density at radius 1 is 1.38 bits per heavy atom. The maximum Gasteiger partial charge on any atom is 0.256 e. The average molecular weight is 285 g/mol. The van der Waals surface area contributed by atoms with E-state index in [0.29, 0.717) is 11.1 Å². The van der Waals surface area contributed by atoms with Crippen LogP contribution in [0.3, 0.4) is 0 Å². The molecule has 21 heavy (non-hydrogen) atoms. The van der Waals surface area contributed by atoms with Gasteiger partial charge in [-0.25, -0.2) is 0 Å². The zero-order valence-corrected chi connectivity index (χ0v) is 12.8. The number of piperidine rings is 1. The van der Waals surface area contributed by atoms with Crippen LogP contribution in [0.4, 0.5) is 5.69 Å². The number of carbonyl (C=O) groups excluding carboxylic acids is 1. The number of carbonyl (C=O) groups is 1. The molecule has 0 spiro atoms. The molecule has 2 aromatic rings. The van der Waals surface area contributed by atoms with E-state index in [1.165, 1.54) is 6.42 Å². The van der Waals surface area contributed by atoms with Crippen LogP contribution in [0, 0.1) is 5.41 Å². The number of nitrogens with one attached hydrogen (secondary N) is 1. The lowest BCUT2D eigenvalue weighted by molar-refractivity contribution is 0.0602. The second-order valence-corrected chi connectivity index (χ2v) is 6.46. The normalized spacial score (nSPS) is 18.1. The zero-order chi connectivity index (χ0) is 15.0. The highest BCUT2D eigenvalue weighted by Gasteiger charge is 2.31. The first-order chi connectivity index (χ1) is 10.0. The molecule has 4 nitrogen and oxygen atoms in total. The number of H-pyrrole nitrogens is 1. The van der Waals surface area contributed by atoms with Crippen molar-refractivity contribution in [2.24, 2.45) is 5.41 Å². The van der Waals surface area contributed by atoms with Gasteiger partial charge < -0.3 is 15.6 Å². The van der Waals surface area contributed by atoms with Crippen molar-refractivity contribution in [2.45, 2.75) is 33.1 Å². The van der Waals surface area contributed by atoms with E-state index < -0.39 is 0 Å². The predicted octanol–water partition coefficient (Wildman–Crippen LogP) is 3.40. The average Bonchev–Trinajstić information content (AvgIpc) is 2.90. The fourth-order valence-electron chi connectivity index (χ4n) is 3.09. The molecule has 112 valence electrons. The van der Waals surface area contributed by atoms with E-state index in [2.05, 4.69) is 18.8 Å². The number of hydrogen-bond acceptors (Lipinski definition) is 2. The molecule has 1 aromatic carbocycles. The van der Waals surface area contributed by atoms with Gasteiger partial charge in [0, 0.05) is 35.9 Å². The lowest BCUT2D eigenvalue weighted by Crippen LogP contribution is -2.41. The number of nitrogen functional groups attached to an aromatic ring is 1. The molecule has 0 saturated carbocycles. The number of nitrogens with two attached hydrogens (primary N) is 1. The van der Waals surface area contributed by atoms with Crippen molar-refractivity contribution in [1.29, 1.82) is 0 Å². The SMILES string of the molecule is CCC1(C)CCN(C(=O)c2c[nH]c3ccc(N)cc23)CC1. The minimum atomic E-state index is 0.116.